The van der Waals surface area contributed by atoms with Crippen LogP contribution in [0.5, 0.6) is 5.75 Å². The lowest BCUT2D eigenvalue weighted by Gasteiger charge is -2.08. The van der Waals surface area contributed by atoms with Gasteiger partial charge < -0.3 is 9.84 Å². The topological polar surface area (TPSA) is 29.5 Å². The standard InChI is InChI=1S/C17H15ClO2/c18-16-8-10-17(11-9-16)20-13-15-7-2-1-5-14(15)6-3-4-12-19/h1-2,5,7-11,19H,4,12-13H2. The van der Waals surface area contributed by atoms with E-state index in [9.17, 15) is 0 Å². The van der Waals surface area contributed by atoms with Gasteiger partial charge in [0.2, 0.25) is 0 Å². The van der Waals surface area contributed by atoms with Crippen molar-refractivity contribution < 1.29 is 9.84 Å². The SMILES string of the molecule is OCCC#Cc1ccccc1COc1ccc(Cl)cc1. The first kappa shape index (κ1) is 14.5. The Hall–Kier alpha value is -1.95. The summed E-state index contributed by atoms with van der Waals surface area (Å²) in [4.78, 5) is 0. The van der Waals surface area contributed by atoms with Gasteiger partial charge >= 0.3 is 0 Å². The molecular weight excluding hydrogens is 272 g/mol. The predicted molar refractivity (Wildman–Crippen MR) is 80.8 cm³/mol. The smallest absolute Gasteiger partial charge is 0.119 e. The summed E-state index contributed by atoms with van der Waals surface area (Å²) in [6.07, 6.45) is 0.479. The second-order valence-corrected chi connectivity index (χ2v) is 4.61. The van der Waals surface area contributed by atoms with Crippen LogP contribution in [0.15, 0.2) is 48.5 Å². The lowest BCUT2D eigenvalue weighted by atomic mass is 10.1. The van der Waals surface area contributed by atoms with E-state index in [4.69, 9.17) is 21.4 Å². The van der Waals surface area contributed by atoms with Gasteiger partial charge in [0.15, 0.2) is 0 Å². The normalized spacial score (nSPS) is 9.70. The fourth-order valence-electron chi connectivity index (χ4n) is 1.67. The Kier molecular flexibility index (Phi) is 5.49. The van der Waals surface area contributed by atoms with E-state index in [-0.39, 0.29) is 6.61 Å². The van der Waals surface area contributed by atoms with Crippen LogP contribution in [-0.2, 0) is 6.61 Å². The Balaban J connectivity index is 2.06. The highest BCUT2D eigenvalue weighted by Gasteiger charge is 2.00. The number of hydrogen-bond donors (Lipinski definition) is 1. The molecule has 2 aromatic rings. The highest BCUT2D eigenvalue weighted by atomic mass is 35.5. The molecule has 2 rings (SSSR count). The van der Waals surface area contributed by atoms with Crippen LogP contribution in [0.4, 0.5) is 0 Å². The molecule has 3 heteroatoms. The number of aliphatic hydroxyl groups is 1. The third-order valence-corrected chi connectivity index (χ3v) is 2.94. The largest absolute Gasteiger partial charge is 0.489 e. The Bertz CT molecular complexity index is 609. The van der Waals surface area contributed by atoms with Crippen molar-refractivity contribution in [3.05, 3.63) is 64.7 Å². The van der Waals surface area contributed by atoms with Gasteiger partial charge in [0.25, 0.3) is 0 Å². The fourth-order valence-corrected chi connectivity index (χ4v) is 1.80. The Morgan fingerprint density at radius 1 is 1.05 bits per heavy atom. The predicted octanol–water partition coefficient (Wildman–Crippen LogP) is 3.65. The molecule has 0 heterocycles. The highest BCUT2D eigenvalue weighted by molar-refractivity contribution is 6.30. The van der Waals surface area contributed by atoms with E-state index >= 15 is 0 Å². The van der Waals surface area contributed by atoms with Gasteiger partial charge in [0.05, 0.1) is 6.61 Å². The van der Waals surface area contributed by atoms with Crippen molar-refractivity contribution in [2.24, 2.45) is 0 Å². The number of halogens is 1. The quantitative estimate of drug-likeness (QED) is 0.869. The molecule has 0 bridgehead atoms. The minimum atomic E-state index is 0.0798. The summed E-state index contributed by atoms with van der Waals surface area (Å²) in [5.74, 6) is 6.74. The Labute approximate surface area is 124 Å². The summed E-state index contributed by atoms with van der Waals surface area (Å²) in [7, 11) is 0. The van der Waals surface area contributed by atoms with E-state index in [1.165, 1.54) is 0 Å². The van der Waals surface area contributed by atoms with Crippen molar-refractivity contribution in [1.82, 2.24) is 0 Å². The maximum atomic E-state index is 8.75. The van der Waals surface area contributed by atoms with E-state index < -0.39 is 0 Å². The first-order chi connectivity index (χ1) is 9.79. The van der Waals surface area contributed by atoms with Gasteiger partial charge in [-0.25, -0.2) is 0 Å². The minimum absolute atomic E-state index is 0.0798. The average molecular weight is 287 g/mol. The molecule has 0 saturated carbocycles. The van der Waals surface area contributed by atoms with Crippen LogP contribution in [-0.4, -0.2) is 11.7 Å². The molecule has 0 aliphatic rings. The molecular formula is C17H15ClO2. The second kappa shape index (κ2) is 7.59. The molecule has 102 valence electrons. The third-order valence-electron chi connectivity index (χ3n) is 2.69. The van der Waals surface area contributed by atoms with E-state index in [2.05, 4.69) is 11.8 Å². The maximum absolute atomic E-state index is 8.75. The molecule has 0 amide bonds. The van der Waals surface area contributed by atoms with Crippen molar-refractivity contribution in [1.29, 1.82) is 0 Å². The molecule has 0 aromatic heterocycles. The number of aliphatic hydroxyl groups excluding tert-OH is 1. The first-order valence-electron chi connectivity index (χ1n) is 6.35. The van der Waals surface area contributed by atoms with Crippen molar-refractivity contribution in [2.45, 2.75) is 13.0 Å². The maximum Gasteiger partial charge on any atom is 0.119 e. The highest BCUT2D eigenvalue weighted by Crippen LogP contribution is 2.17. The van der Waals surface area contributed by atoms with Crippen molar-refractivity contribution in [3.63, 3.8) is 0 Å². The number of ether oxygens (including phenoxy) is 1. The van der Waals surface area contributed by atoms with Gasteiger partial charge in [0, 0.05) is 22.6 Å². The molecule has 2 nitrogen and oxygen atoms in total. The van der Waals surface area contributed by atoms with Gasteiger partial charge in [-0.05, 0) is 30.3 Å². The fraction of sp³-hybridized carbons (Fsp3) is 0.176. The van der Waals surface area contributed by atoms with E-state index in [1.807, 2.05) is 36.4 Å². The molecule has 0 atom stereocenters. The number of rotatable bonds is 4. The zero-order valence-corrected chi connectivity index (χ0v) is 11.7. The molecule has 1 N–H and O–H groups in total. The number of hydrogen-bond acceptors (Lipinski definition) is 2. The van der Waals surface area contributed by atoms with Crippen LogP contribution in [0.1, 0.15) is 17.5 Å². The van der Waals surface area contributed by atoms with Gasteiger partial charge in [-0.2, -0.15) is 0 Å². The van der Waals surface area contributed by atoms with Crippen molar-refractivity contribution >= 4 is 11.6 Å². The molecule has 0 saturated heterocycles. The van der Waals surface area contributed by atoms with Crippen LogP contribution >= 0.6 is 11.6 Å². The van der Waals surface area contributed by atoms with E-state index in [0.29, 0.717) is 18.1 Å². The van der Waals surface area contributed by atoms with Crippen LogP contribution < -0.4 is 4.74 Å². The zero-order chi connectivity index (χ0) is 14.2. The molecule has 0 aliphatic heterocycles. The molecule has 0 aliphatic carbocycles. The van der Waals surface area contributed by atoms with E-state index in [0.717, 1.165) is 16.9 Å². The third kappa shape index (κ3) is 4.31. The summed E-state index contributed by atoms with van der Waals surface area (Å²) in [6, 6.07) is 15.1. The molecule has 0 spiro atoms. The molecule has 0 unspecified atom stereocenters. The summed E-state index contributed by atoms with van der Waals surface area (Å²) in [5.41, 5.74) is 1.95. The van der Waals surface area contributed by atoms with Gasteiger partial charge in [-0.1, -0.05) is 41.6 Å². The monoisotopic (exact) mass is 286 g/mol. The van der Waals surface area contributed by atoms with Crippen molar-refractivity contribution in [3.8, 4) is 17.6 Å². The second-order valence-electron chi connectivity index (χ2n) is 4.18. The molecule has 0 fully saturated rings. The molecule has 0 radical (unpaired) electrons. The molecule has 2 aromatic carbocycles. The van der Waals surface area contributed by atoms with Crippen LogP contribution in [0, 0.1) is 11.8 Å². The van der Waals surface area contributed by atoms with Crippen LogP contribution in [0.2, 0.25) is 5.02 Å². The lowest BCUT2D eigenvalue weighted by Crippen LogP contribution is -1.98. The Morgan fingerprint density at radius 3 is 2.55 bits per heavy atom. The van der Waals surface area contributed by atoms with E-state index in [1.54, 1.807) is 12.1 Å². The summed E-state index contributed by atoms with van der Waals surface area (Å²) < 4.78 is 5.72. The van der Waals surface area contributed by atoms with Gasteiger partial charge in [0.1, 0.15) is 12.4 Å². The zero-order valence-electron chi connectivity index (χ0n) is 11.0. The Morgan fingerprint density at radius 2 is 1.80 bits per heavy atom. The minimum Gasteiger partial charge on any atom is -0.489 e. The number of benzene rings is 2. The van der Waals surface area contributed by atoms with Crippen molar-refractivity contribution in [2.75, 3.05) is 6.61 Å². The first-order valence-corrected chi connectivity index (χ1v) is 6.73. The summed E-state index contributed by atoms with van der Waals surface area (Å²) in [5, 5.41) is 9.44. The lowest BCUT2D eigenvalue weighted by molar-refractivity contribution is 0.305. The van der Waals surface area contributed by atoms with Crippen LogP contribution in [0.3, 0.4) is 0 Å². The summed E-state index contributed by atoms with van der Waals surface area (Å²) >= 11 is 5.83. The van der Waals surface area contributed by atoms with Gasteiger partial charge in [-0.15, -0.1) is 0 Å². The average Bonchev–Trinajstić information content (AvgIpc) is 2.48. The van der Waals surface area contributed by atoms with Gasteiger partial charge in [-0.3, -0.25) is 0 Å². The molecule has 20 heavy (non-hydrogen) atoms. The van der Waals surface area contributed by atoms with Crippen LogP contribution in [0.25, 0.3) is 0 Å². The summed E-state index contributed by atoms with van der Waals surface area (Å²) in [6.45, 7) is 0.530.